The quantitative estimate of drug-likeness (QED) is 0.520. The number of rotatable bonds is 4. The molecule has 5 N–H and O–H groups in total. The first kappa shape index (κ1) is 10.7. The van der Waals surface area contributed by atoms with Gasteiger partial charge >= 0.3 is 5.97 Å². The van der Waals surface area contributed by atoms with Gasteiger partial charge in [-0.3, -0.25) is 4.79 Å². The molecule has 0 aliphatic rings. The summed E-state index contributed by atoms with van der Waals surface area (Å²) >= 11 is 1.36. The van der Waals surface area contributed by atoms with Crippen LogP contribution in [0.5, 0.6) is 0 Å². The summed E-state index contributed by atoms with van der Waals surface area (Å²) in [4.78, 5) is 10.3. The number of carbonyl (C=O) groups is 1. The fraction of sp³-hybridized carbons (Fsp3) is 0.833. The summed E-state index contributed by atoms with van der Waals surface area (Å²) in [7, 11) is 0. The Labute approximate surface area is 70.3 Å². The van der Waals surface area contributed by atoms with Gasteiger partial charge in [-0.1, -0.05) is 6.92 Å². The van der Waals surface area contributed by atoms with E-state index in [-0.39, 0.29) is 10.6 Å². The number of hydrogen-bond acceptors (Lipinski definition) is 4. The molecule has 0 saturated heterocycles. The van der Waals surface area contributed by atoms with Crippen LogP contribution in [0, 0.1) is 0 Å². The molecule has 0 radical (unpaired) electrons. The third-order valence-corrected chi connectivity index (χ3v) is 2.37. The van der Waals surface area contributed by atoms with Gasteiger partial charge in [0.05, 0.1) is 0 Å². The van der Waals surface area contributed by atoms with Gasteiger partial charge in [0.1, 0.15) is 6.04 Å². The Balaban J connectivity index is 3.82. The number of nitrogens with two attached hydrogens (primary N) is 2. The van der Waals surface area contributed by atoms with Gasteiger partial charge in [-0.2, -0.15) is 0 Å². The summed E-state index contributed by atoms with van der Waals surface area (Å²) in [5, 5.41) is 8.27. The minimum atomic E-state index is -0.981. The highest BCUT2D eigenvalue weighted by Crippen LogP contribution is 2.15. The lowest BCUT2D eigenvalue weighted by atomic mass is 10.2. The summed E-state index contributed by atoms with van der Waals surface area (Å²) in [5.74, 6) is -0.981. The van der Waals surface area contributed by atoms with Gasteiger partial charge in [-0.05, 0) is 6.92 Å². The molecule has 0 aromatic carbocycles. The van der Waals surface area contributed by atoms with Gasteiger partial charge in [0, 0.05) is 10.6 Å². The van der Waals surface area contributed by atoms with E-state index < -0.39 is 12.0 Å². The summed E-state index contributed by atoms with van der Waals surface area (Å²) < 4.78 is 0. The fourth-order valence-electron chi connectivity index (χ4n) is 0.624. The lowest BCUT2D eigenvalue weighted by Gasteiger charge is -2.16. The zero-order chi connectivity index (χ0) is 9.02. The molecule has 0 saturated carbocycles. The molecule has 0 aliphatic carbocycles. The predicted octanol–water partition coefficient (Wildman–Crippen LogP) is -0.175. The predicted molar refractivity (Wildman–Crippen MR) is 46.3 cm³/mol. The topological polar surface area (TPSA) is 89.3 Å². The second-order valence-corrected chi connectivity index (χ2v) is 4.17. The van der Waals surface area contributed by atoms with Gasteiger partial charge in [0.25, 0.3) is 0 Å². The maximum Gasteiger partial charge on any atom is 0.321 e. The molecular weight excluding hydrogens is 164 g/mol. The average molecular weight is 178 g/mol. The standard InChI is InChI=1S/C6H14N2O2S/c1-3(11-4(2)7)5(8)6(9)10/h3-5H,7-8H2,1-2H3,(H,9,10). The molecule has 11 heavy (non-hydrogen) atoms. The molecule has 4 nitrogen and oxygen atoms in total. The molecule has 3 unspecified atom stereocenters. The van der Waals surface area contributed by atoms with Crippen molar-refractivity contribution in [2.45, 2.75) is 30.5 Å². The fourth-order valence-corrected chi connectivity index (χ4v) is 1.59. The Hall–Kier alpha value is -0.260. The molecular formula is C6H14N2O2S. The molecule has 3 atom stereocenters. The van der Waals surface area contributed by atoms with Crippen LogP contribution < -0.4 is 11.5 Å². The smallest absolute Gasteiger partial charge is 0.321 e. The molecule has 0 spiro atoms. The van der Waals surface area contributed by atoms with E-state index in [1.807, 2.05) is 0 Å². The number of hydrogen-bond donors (Lipinski definition) is 3. The molecule has 0 heterocycles. The van der Waals surface area contributed by atoms with Crippen LogP contribution in [-0.2, 0) is 4.79 Å². The van der Waals surface area contributed by atoms with Crippen molar-refractivity contribution in [3.8, 4) is 0 Å². The van der Waals surface area contributed by atoms with E-state index in [1.165, 1.54) is 11.8 Å². The SMILES string of the molecule is CC(N)SC(C)C(N)C(=O)O. The second kappa shape index (κ2) is 4.58. The highest BCUT2D eigenvalue weighted by molar-refractivity contribution is 8.00. The minimum absolute atomic E-state index is 0.0737. The third kappa shape index (κ3) is 4.23. The highest BCUT2D eigenvalue weighted by Gasteiger charge is 2.20. The first-order chi connectivity index (χ1) is 4.95. The van der Waals surface area contributed by atoms with Crippen LogP contribution >= 0.6 is 11.8 Å². The minimum Gasteiger partial charge on any atom is -0.480 e. The highest BCUT2D eigenvalue weighted by atomic mass is 32.2. The second-order valence-electron chi connectivity index (χ2n) is 2.41. The molecule has 66 valence electrons. The van der Waals surface area contributed by atoms with Crippen molar-refractivity contribution in [3.05, 3.63) is 0 Å². The summed E-state index contributed by atoms with van der Waals surface area (Å²) in [5.41, 5.74) is 10.8. The summed E-state index contributed by atoms with van der Waals surface area (Å²) in [6.45, 7) is 3.56. The lowest BCUT2D eigenvalue weighted by Crippen LogP contribution is -2.39. The van der Waals surface area contributed by atoms with Gasteiger partial charge in [0.15, 0.2) is 0 Å². The van der Waals surface area contributed by atoms with E-state index in [1.54, 1.807) is 13.8 Å². The van der Waals surface area contributed by atoms with Crippen molar-refractivity contribution in [2.75, 3.05) is 0 Å². The van der Waals surface area contributed by atoms with Gasteiger partial charge < -0.3 is 16.6 Å². The number of carboxylic acid groups (broad SMARTS) is 1. The Kier molecular flexibility index (Phi) is 4.48. The monoisotopic (exact) mass is 178 g/mol. The number of thioether (sulfide) groups is 1. The lowest BCUT2D eigenvalue weighted by molar-refractivity contribution is -0.138. The van der Waals surface area contributed by atoms with Crippen molar-refractivity contribution in [2.24, 2.45) is 11.5 Å². The van der Waals surface area contributed by atoms with Crippen LogP contribution in [0.4, 0.5) is 0 Å². The largest absolute Gasteiger partial charge is 0.480 e. The zero-order valence-electron chi connectivity index (χ0n) is 6.65. The Morgan fingerprint density at radius 2 is 1.91 bits per heavy atom. The Morgan fingerprint density at radius 1 is 1.45 bits per heavy atom. The van der Waals surface area contributed by atoms with Crippen LogP contribution in [-0.4, -0.2) is 27.7 Å². The van der Waals surface area contributed by atoms with Gasteiger partial charge in [-0.15, -0.1) is 11.8 Å². The first-order valence-corrected chi connectivity index (χ1v) is 4.29. The van der Waals surface area contributed by atoms with Crippen LogP contribution in [0.1, 0.15) is 13.8 Å². The van der Waals surface area contributed by atoms with Crippen LogP contribution in [0.2, 0.25) is 0 Å². The van der Waals surface area contributed by atoms with E-state index in [0.29, 0.717) is 0 Å². The van der Waals surface area contributed by atoms with Gasteiger partial charge in [-0.25, -0.2) is 0 Å². The van der Waals surface area contributed by atoms with Crippen molar-refractivity contribution in [1.82, 2.24) is 0 Å². The Morgan fingerprint density at radius 3 is 2.18 bits per heavy atom. The normalized spacial score (nSPS) is 18.9. The molecule has 0 fully saturated rings. The first-order valence-electron chi connectivity index (χ1n) is 3.34. The maximum absolute atomic E-state index is 10.3. The molecule has 5 heteroatoms. The molecule has 0 aliphatic heterocycles. The van der Waals surface area contributed by atoms with E-state index in [4.69, 9.17) is 16.6 Å². The van der Waals surface area contributed by atoms with Crippen LogP contribution in [0.3, 0.4) is 0 Å². The zero-order valence-corrected chi connectivity index (χ0v) is 7.47. The number of carboxylic acids is 1. The van der Waals surface area contributed by atoms with Gasteiger partial charge in [0.2, 0.25) is 0 Å². The van der Waals surface area contributed by atoms with Crippen LogP contribution in [0.15, 0.2) is 0 Å². The van der Waals surface area contributed by atoms with Crippen LogP contribution in [0.25, 0.3) is 0 Å². The van der Waals surface area contributed by atoms with E-state index in [9.17, 15) is 4.79 Å². The van der Waals surface area contributed by atoms with Crippen molar-refractivity contribution in [1.29, 1.82) is 0 Å². The van der Waals surface area contributed by atoms with Crippen molar-refractivity contribution < 1.29 is 9.90 Å². The number of aliphatic carboxylic acids is 1. The van der Waals surface area contributed by atoms with E-state index >= 15 is 0 Å². The molecule has 0 rings (SSSR count). The van der Waals surface area contributed by atoms with Crippen molar-refractivity contribution >= 4 is 17.7 Å². The summed E-state index contributed by atoms with van der Waals surface area (Å²) in [6, 6.07) is -0.828. The van der Waals surface area contributed by atoms with E-state index in [0.717, 1.165) is 0 Å². The molecule has 0 aromatic heterocycles. The average Bonchev–Trinajstić information content (AvgIpc) is 1.84. The Bertz CT molecular complexity index is 141. The molecule has 0 bridgehead atoms. The maximum atomic E-state index is 10.3. The summed E-state index contributed by atoms with van der Waals surface area (Å²) in [6.07, 6.45) is 0. The molecule has 0 amide bonds. The van der Waals surface area contributed by atoms with E-state index in [2.05, 4.69) is 0 Å². The third-order valence-electron chi connectivity index (χ3n) is 1.22. The van der Waals surface area contributed by atoms with Crippen molar-refractivity contribution in [3.63, 3.8) is 0 Å². The molecule has 0 aromatic rings.